The molecule has 0 aliphatic rings. The van der Waals surface area contributed by atoms with Crippen molar-refractivity contribution in [1.82, 2.24) is 25.1 Å². The highest BCUT2D eigenvalue weighted by molar-refractivity contribution is 7.99. The van der Waals surface area contributed by atoms with E-state index in [0.29, 0.717) is 23.3 Å². The van der Waals surface area contributed by atoms with Gasteiger partial charge in [-0.3, -0.25) is 9.36 Å². The number of rotatable bonds is 8. The Hall–Kier alpha value is -2.91. The van der Waals surface area contributed by atoms with Crippen LogP contribution in [0.5, 0.6) is 0 Å². The summed E-state index contributed by atoms with van der Waals surface area (Å²) in [6.45, 7) is 2.69. The molecule has 0 fully saturated rings. The molecule has 0 aliphatic heterocycles. The zero-order chi connectivity index (χ0) is 20.1. The average Bonchev–Trinajstić information content (AvgIpc) is 3.52. The number of carbonyl (C=O) groups excluding carboxylic acids is 1. The molecule has 3 aromatic heterocycles. The van der Waals surface area contributed by atoms with E-state index in [1.165, 1.54) is 23.1 Å². The molecule has 4 aromatic rings. The number of nitrogens with zero attached hydrogens (tertiary/aromatic N) is 4. The first-order valence-corrected chi connectivity index (χ1v) is 11.0. The standard InChI is InChI=1S/C20H19N5O2S2/c1-2-25-18(15-9-6-11-27-15)23-24-20(25)29-13-16(26)22-17(19-21-10-12-28-19)14-7-4-3-5-8-14/h3-12,17H,2,13H2,1H3,(H,22,26). The summed E-state index contributed by atoms with van der Waals surface area (Å²) in [5, 5.41) is 15.0. The Kier molecular flexibility index (Phi) is 6.06. The van der Waals surface area contributed by atoms with E-state index in [9.17, 15) is 4.79 Å². The number of nitrogens with one attached hydrogen (secondary N) is 1. The highest BCUT2D eigenvalue weighted by Crippen LogP contribution is 2.26. The monoisotopic (exact) mass is 425 g/mol. The van der Waals surface area contributed by atoms with Crippen molar-refractivity contribution in [2.45, 2.75) is 24.7 Å². The van der Waals surface area contributed by atoms with Crippen molar-refractivity contribution in [3.8, 4) is 11.6 Å². The summed E-state index contributed by atoms with van der Waals surface area (Å²) < 4.78 is 7.36. The number of benzene rings is 1. The second kappa shape index (κ2) is 9.06. The molecule has 0 radical (unpaired) electrons. The minimum atomic E-state index is -0.271. The fraction of sp³-hybridized carbons (Fsp3) is 0.200. The molecule has 0 saturated carbocycles. The van der Waals surface area contributed by atoms with E-state index >= 15 is 0 Å². The smallest absolute Gasteiger partial charge is 0.231 e. The van der Waals surface area contributed by atoms with Gasteiger partial charge in [0.05, 0.1) is 12.0 Å². The van der Waals surface area contributed by atoms with Gasteiger partial charge in [-0.1, -0.05) is 42.1 Å². The van der Waals surface area contributed by atoms with Crippen LogP contribution < -0.4 is 5.32 Å². The molecule has 1 unspecified atom stereocenters. The van der Waals surface area contributed by atoms with E-state index in [-0.39, 0.29) is 17.7 Å². The average molecular weight is 426 g/mol. The van der Waals surface area contributed by atoms with Gasteiger partial charge >= 0.3 is 0 Å². The summed E-state index contributed by atoms with van der Waals surface area (Å²) in [6, 6.07) is 13.2. The fourth-order valence-electron chi connectivity index (χ4n) is 2.91. The lowest BCUT2D eigenvalue weighted by Gasteiger charge is -2.17. The summed E-state index contributed by atoms with van der Waals surface area (Å²) in [5.41, 5.74) is 0.998. The minimum Gasteiger partial charge on any atom is -0.461 e. The molecule has 29 heavy (non-hydrogen) atoms. The maximum Gasteiger partial charge on any atom is 0.231 e. The van der Waals surface area contributed by atoms with Gasteiger partial charge in [0.25, 0.3) is 0 Å². The highest BCUT2D eigenvalue weighted by atomic mass is 32.2. The zero-order valence-electron chi connectivity index (χ0n) is 15.7. The van der Waals surface area contributed by atoms with Crippen molar-refractivity contribution in [2.24, 2.45) is 0 Å². The quantitative estimate of drug-likeness (QED) is 0.429. The number of aromatic nitrogens is 4. The Balaban J connectivity index is 1.46. The van der Waals surface area contributed by atoms with Gasteiger partial charge in [-0.05, 0) is 24.6 Å². The Labute approximate surface area is 176 Å². The molecule has 0 saturated heterocycles. The summed E-state index contributed by atoms with van der Waals surface area (Å²) in [5.74, 6) is 1.45. The van der Waals surface area contributed by atoms with Gasteiger partial charge in [-0.25, -0.2) is 4.98 Å². The molecule has 0 bridgehead atoms. The van der Waals surface area contributed by atoms with E-state index in [0.717, 1.165) is 10.6 Å². The predicted molar refractivity (Wildman–Crippen MR) is 113 cm³/mol. The van der Waals surface area contributed by atoms with E-state index in [2.05, 4.69) is 20.5 Å². The van der Waals surface area contributed by atoms with Gasteiger partial charge in [0.15, 0.2) is 16.7 Å². The molecule has 1 atom stereocenters. The van der Waals surface area contributed by atoms with Gasteiger partial charge < -0.3 is 9.73 Å². The van der Waals surface area contributed by atoms with E-state index in [1.54, 1.807) is 12.5 Å². The predicted octanol–water partition coefficient (Wildman–Crippen LogP) is 4.01. The van der Waals surface area contributed by atoms with Crippen LogP contribution >= 0.6 is 23.1 Å². The van der Waals surface area contributed by atoms with Crippen molar-refractivity contribution >= 4 is 29.0 Å². The van der Waals surface area contributed by atoms with Crippen molar-refractivity contribution in [3.05, 3.63) is 70.9 Å². The minimum absolute atomic E-state index is 0.0933. The molecule has 9 heteroatoms. The third kappa shape index (κ3) is 4.41. The zero-order valence-corrected chi connectivity index (χ0v) is 17.3. The van der Waals surface area contributed by atoms with Crippen molar-refractivity contribution in [1.29, 1.82) is 0 Å². The van der Waals surface area contributed by atoms with Gasteiger partial charge in [0.1, 0.15) is 11.0 Å². The number of furan rings is 1. The van der Waals surface area contributed by atoms with Gasteiger partial charge in [0, 0.05) is 18.1 Å². The number of carbonyl (C=O) groups is 1. The molecule has 4 rings (SSSR count). The molecule has 0 aliphatic carbocycles. The number of hydrogen-bond acceptors (Lipinski definition) is 7. The molecule has 7 nitrogen and oxygen atoms in total. The second-order valence-electron chi connectivity index (χ2n) is 6.10. The van der Waals surface area contributed by atoms with Gasteiger partial charge in [0.2, 0.25) is 5.91 Å². The van der Waals surface area contributed by atoms with E-state index in [4.69, 9.17) is 4.42 Å². The Morgan fingerprint density at radius 1 is 1.24 bits per heavy atom. The first-order valence-electron chi connectivity index (χ1n) is 9.10. The van der Waals surface area contributed by atoms with Crippen LogP contribution in [-0.2, 0) is 11.3 Å². The van der Waals surface area contributed by atoms with Crippen LogP contribution in [0.2, 0.25) is 0 Å². The van der Waals surface area contributed by atoms with Crippen LogP contribution in [0.1, 0.15) is 23.5 Å². The van der Waals surface area contributed by atoms with Crippen molar-refractivity contribution in [2.75, 3.05) is 5.75 Å². The van der Waals surface area contributed by atoms with Crippen LogP contribution in [-0.4, -0.2) is 31.4 Å². The van der Waals surface area contributed by atoms with Crippen LogP contribution in [0.15, 0.2) is 69.9 Å². The Bertz CT molecular complexity index is 1050. The van der Waals surface area contributed by atoms with E-state index < -0.39 is 0 Å². The van der Waals surface area contributed by atoms with Crippen LogP contribution in [0, 0.1) is 0 Å². The van der Waals surface area contributed by atoms with Gasteiger partial charge in [-0.15, -0.1) is 21.5 Å². The normalized spacial score (nSPS) is 12.0. The summed E-state index contributed by atoms with van der Waals surface area (Å²) in [4.78, 5) is 17.1. The number of thiazole rings is 1. The summed E-state index contributed by atoms with van der Waals surface area (Å²) in [6.07, 6.45) is 3.35. The van der Waals surface area contributed by atoms with Crippen LogP contribution in [0.3, 0.4) is 0 Å². The SMILES string of the molecule is CCn1c(SCC(=O)NC(c2ccccc2)c2nccs2)nnc1-c1ccco1. The lowest BCUT2D eigenvalue weighted by Crippen LogP contribution is -2.30. The molecular formula is C20H19N5O2S2. The maximum absolute atomic E-state index is 12.7. The molecular weight excluding hydrogens is 406 g/mol. The number of thioether (sulfide) groups is 1. The molecule has 1 N–H and O–H groups in total. The Morgan fingerprint density at radius 3 is 2.79 bits per heavy atom. The van der Waals surface area contributed by atoms with Crippen molar-refractivity contribution < 1.29 is 9.21 Å². The van der Waals surface area contributed by atoms with Crippen LogP contribution in [0.4, 0.5) is 0 Å². The van der Waals surface area contributed by atoms with E-state index in [1.807, 2.05) is 59.3 Å². The third-order valence-electron chi connectivity index (χ3n) is 4.24. The number of amides is 1. The van der Waals surface area contributed by atoms with Crippen molar-refractivity contribution in [3.63, 3.8) is 0 Å². The molecule has 148 valence electrons. The first-order chi connectivity index (χ1) is 14.3. The topological polar surface area (TPSA) is 85.8 Å². The highest BCUT2D eigenvalue weighted by Gasteiger charge is 2.21. The fourth-order valence-corrected chi connectivity index (χ4v) is 4.44. The number of hydrogen-bond donors (Lipinski definition) is 1. The Morgan fingerprint density at radius 2 is 2.10 bits per heavy atom. The molecule has 1 aromatic carbocycles. The molecule has 1 amide bonds. The molecule has 3 heterocycles. The first kappa shape index (κ1) is 19.4. The summed E-state index contributed by atoms with van der Waals surface area (Å²) >= 11 is 2.87. The maximum atomic E-state index is 12.7. The molecule has 0 spiro atoms. The second-order valence-corrected chi connectivity index (χ2v) is 7.97. The largest absolute Gasteiger partial charge is 0.461 e. The third-order valence-corrected chi connectivity index (χ3v) is 6.05. The lowest BCUT2D eigenvalue weighted by molar-refractivity contribution is -0.119. The van der Waals surface area contributed by atoms with Gasteiger partial charge in [-0.2, -0.15) is 0 Å². The van der Waals surface area contributed by atoms with Crippen LogP contribution in [0.25, 0.3) is 11.6 Å². The summed E-state index contributed by atoms with van der Waals surface area (Å²) in [7, 11) is 0. The lowest BCUT2D eigenvalue weighted by atomic mass is 10.1.